The van der Waals surface area contributed by atoms with E-state index in [4.69, 9.17) is 4.74 Å². The zero-order valence-electron chi connectivity index (χ0n) is 12.5. The summed E-state index contributed by atoms with van der Waals surface area (Å²) in [6, 6.07) is 10.4. The third-order valence-corrected chi connectivity index (χ3v) is 4.13. The lowest BCUT2D eigenvalue weighted by atomic mass is 10.1. The Hall–Kier alpha value is -1.59. The smallest absolute Gasteiger partial charge is 0.119 e. The minimum atomic E-state index is 0.278. The number of nitrogens with one attached hydrogen (secondary N) is 1. The lowest BCUT2D eigenvalue weighted by molar-refractivity contribution is 0.413. The number of hydrogen-bond acceptors (Lipinski definition) is 5. The van der Waals surface area contributed by atoms with Crippen LogP contribution in [0.2, 0.25) is 0 Å². The molecule has 5 heteroatoms. The van der Waals surface area contributed by atoms with Gasteiger partial charge in [0.1, 0.15) is 12.1 Å². The molecule has 0 radical (unpaired) electrons. The van der Waals surface area contributed by atoms with E-state index in [0.29, 0.717) is 0 Å². The van der Waals surface area contributed by atoms with E-state index in [0.717, 1.165) is 29.5 Å². The van der Waals surface area contributed by atoms with Crippen molar-refractivity contribution in [3.8, 4) is 5.75 Å². The maximum atomic E-state index is 5.32. The van der Waals surface area contributed by atoms with E-state index >= 15 is 0 Å². The molecule has 112 valence electrons. The summed E-state index contributed by atoms with van der Waals surface area (Å²) >= 11 is 1.73. The molecular formula is C16H21N3OS. The normalized spacial score (nSPS) is 12.1. The van der Waals surface area contributed by atoms with Gasteiger partial charge in [0.05, 0.1) is 12.1 Å². The standard InChI is InChI=1S/C16H21N3OS/c1-3-8-18-15(11-21-16-7-9-17-12-19-16)13-5-4-6-14(10-13)20-2/h4-7,9-10,12,15,18H,3,8,11H2,1-2H3. The summed E-state index contributed by atoms with van der Waals surface area (Å²) in [4.78, 5) is 8.20. The first-order valence-electron chi connectivity index (χ1n) is 7.09. The fourth-order valence-corrected chi connectivity index (χ4v) is 2.91. The predicted molar refractivity (Wildman–Crippen MR) is 86.8 cm³/mol. The Kier molecular flexibility index (Phi) is 6.50. The Morgan fingerprint density at radius 3 is 2.95 bits per heavy atom. The highest BCUT2D eigenvalue weighted by atomic mass is 32.2. The molecule has 0 aliphatic carbocycles. The van der Waals surface area contributed by atoms with Crippen molar-refractivity contribution in [2.45, 2.75) is 24.4 Å². The molecular weight excluding hydrogens is 282 g/mol. The van der Waals surface area contributed by atoms with Crippen molar-refractivity contribution < 1.29 is 4.74 Å². The Labute approximate surface area is 130 Å². The average Bonchev–Trinajstić information content (AvgIpc) is 2.56. The van der Waals surface area contributed by atoms with Crippen molar-refractivity contribution in [3.05, 3.63) is 48.4 Å². The van der Waals surface area contributed by atoms with Gasteiger partial charge >= 0.3 is 0 Å². The number of thioether (sulfide) groups is 1. The van der Waals surface area contributed by atoms with Gasteiger partial charge in [0.2, 0.25) is 0 Å². The van der Waals surface area contributed by atoms with Crippen molar-refractivity contribution in [1.82, 2.24) is 15.3 Å². The minimum Gasteiger partial charge on any atom is -0.497 e. The van der Waals surface area contributed by atoms with Gasteiger partial charge in [-0.2, -0.15) is 0 Å². The van der Waals surface area contributed by atoms with Crippen LogP contribution in [0.1, 0.15) is 24.9 Å². The third kappa shape index (κ3) is 5.02. The largest absolute Gasteiger partial charge is 0.497 e. The van der Waals surface area contributed by atoms with Gasteiger partial charge in [0, 0.05) is 18.0 Å². The molecule has 0 fully saturated rings. The summed E-state index contributed by atoms with van der Waals surface area (Å²) in [5.74, 6) is 1.81. The topological polar surface area (TPSA) is 47.0 Å². The van der Waals surface area contributed by atoms with Gasteiger partial charge in [-0.1, -0.05) is 19.1 Å². The number of nitrogens with zero attached hydrogens (tertiary/aromatic N) is 2. The van der Waals surface area contributed by atoms with Gasteiger partial charge in [0.15, 0.2) is 0 Å². The second-order valence-electron chi connectivity index (χ2n) is 4.64. The summed E-state index contributed by atoms with van der Waals surface area (Å²) in [5, 5.41) is 4.58. The quantitative estimate of drug-likeness (QED) is 0.599. The van der Waals surface area contributed by atoms with Crippen molar-refractivity contribution in [3.63, 3.8) is 0 Å². The van der Waals surface area contributed by atoms with Gasteiger partial charge < -0.3 is 10.1 Å². The summed E-state index contributed by atoms with van der Waals surface area (Å²) in [5.41, 5.74) is 1.24. The maximum absolute atomic E-state index is 5.32. The van der Waals surface area contributed by atoms with Gasteiger partial charge in [0.25, 0.3) is 0 Å². The summed E-state index contributed by atoms with van der Waals surface area (Å²) in [6.07, 6.45) is 4.47. The first-order chi connectivity index (χ1) is 10.3. The van der Waals surface area contributed by atoms with E-state index in [1.807, 2.05) is 18.2 Å². The number of ether oxygens (including phenoxy) is 1. The molecule has 0 bridgehead atoms. The fraction of sp³-hybridized carbons (Fsp3) is 0.375. The molecule has 21 heavy (non-hydrogen) atoms. The molecule has 4 nitrogen and oxygen atoms in total. The Morgan fingerprint density at radius 1 is 1.33 bits per heavy atom. The monoisotopic (exact) mass is 303 g/mol. The van der Waals surface area contributed by atoms with Crippen molar-refractivity contribution in [1.29, 1.82) is 0 Å². The van der Waals surface area contributed by atoms with E-state index in [-0.39, 0.29) is 6.04 Å². The fourth-order valence-electron chi connectivity index (χ4n) is 1.98. The van der Waals surface area contributed by atoms with Crippen LogP contribution in [0.3, 0.4) is 0 Å². The van der Waals surface area contributed by atoms with E-state index in [1.54, 1.807) is 31.4 Å². The molecule has 0 aliphatic heterocycles. The molecule has 1 aromatic heterocycles. The van der Waals surface area contributed by atoms with Crippen LogP contribution in [0, 0.1) is 0 Å². The van der Waals surface area contributed by atoms with Crippen LogP contribution >= 0.6 is 11.8 Å². The highest BCUT2D eigenvalue weighted by Gasteiger charge is 2.12. The molecule has 2 aromatic rings. The van der Waals surface area contributed by atoms with E-state index in [9.17, 15) is 0 Å². The molecule has 0 saturated heterocycles. The highest BCUT2D eigenvalue weighted by Crippen LogP contribution is 2.25. The molecule has 0 spiro atoms. The van der Waals surface area contributed by atoms with E-state index in [2.05, 4.69) is 34.3 Å². The Balaban J connectivity index is 2.06. The molecule has 1 atom stereocenters. The van der Waals surface area contributed by atoms with Gasteiger partial charge in [-0.05, 0) is 36.7 Å². The lowest BCUT2D eigenvalue weighted by Crippen LogP contribution is -2.24. The van der Waals surface area contributed by atoms with Crippen LogP contribution in [0.25, 0.3) is 0 Å². The first-order valence-corrected chi connectivity index (χ1v) is 8.08. The number of rotatable bonds is 8. The third-order valence-electron chi connectivity index (χ3n) is 3.09. The number of methoxy groups -OCH3 is 1. The number of benzene rings is 1. The van der Waals surface area contributed by atoms with Crippen LogP contribution < -0.4 is 10.1 Å². The predicted octanol–water partition coefficient (Wildman–Crippen LogP) is 3.32. The van der Waals surface area contributed by atoms with Gasteiger partial charge in [-0.25, -0.2) is 9.97 Å². The second kappa shape index (κ2) is 8.64. The molecule has 0 saturated carbocycles. The minimum absolute atomic E-state index is 0.278. The molecule has 2 rings (SSSR count). The van der Waals surface area contributed by atoms with Crippen molar-refractivity contribution in [2.75, 3.05) is 19.4 Å². The molecule has 1 heterocycles. The lowest BCUT2D eigenvalue weighted by Gasteiger charge is -2.19. The summed E-state index contributed by atoms with van der Waals surface area (Å²) < 4.78 is 5.32. The number of aromatic nitrogens is 2. The van der Waals surface area contributed by atoms with Crippen molar-refractivity contribution in [2.24, 2.45) is 0 Å². The Morgan fingerprint density at radius 2 is 2.24 bits per heavy atom. The molecule has 1 N–H and O–H groups in total. The first kappa shape index (κ1) is 15.8. The van der Waals surface area contributed by atoms with Crippen LogP contribution in [-0.4, -0.2) is 29.4 Å². The highest BCUT2D eigenvalue weighted by molar-refractivity contribution is 7.99. The van der Waals surface area contributed by atoms with Crippen molar-refractivity contribution >= 4 is 11.8 Å². The van der Waals surface area contributed by atoms with Crippen LogP contribution in [0.5, 0.6) is 5.75 Å². The Bertz CT molecular complexity index is 536. The number of hydrogen-bond donors (Lipinski definition) is 1. The summed E-state index contributed by atoms with van der Waals surface area (Å²) in [6.45, 7) is 3.17. The zero-order valence-corrected chi connectivity index (χ0v) is 13.3. The van der Waals surface area contributed by atoms with Gasteiger partial charge in [-0.3, -0.25) is 0 Å². The molecule has 0 aliphatic rings. The van der Waals surface area contributed by atoms with Gasteiger partial charge in [-0.15, -0.1) is 11.8 Å². The van der Waals surface area contributed by atoms with E-state index in [1.165, 1.54) is 5.56 Å². The van der Waals surface area contributed by atoms with Crippen LogP contribution in [0.15, 0.2) is 47.9 Å². The SMILES string of the molecule is CCCNC(CSc1ccncn1)c1cccc(OC)c1. The summed E-state index contributed by atoms with van der Waals surface area (Å²) in [7, 11) is 1.70. The zero-order chi connectivity index (χ0) is 14.9. The molecule has 1 unspecified atom stereocenters. The molecule has 0 amide bonds. The second-order valence-corrected chi connectivity index (χ2v) is 5.68. The van der Waals surface area contributed by atoms with Crippen LogP contribution in [0.4, 0.5) is 0 Å². The van der Waals surface area contributed by atoms with E-state index < -0.39 is 0 Å². The maximum Gasteiger partial charge on any atom is 0.119 e. The average molecular weight is 303 g/mol. The van der Waals surface area contributed by atoms with Crippen LogP contribution in [-0.2, 0) is 0 Å². The molecule has 1 aromatic carbocycles.